The topological polar surface area (TPSA) is 27.0 Å². The molecule has 1 aliphatic heterocycles. The zero-order valence-corrected chi connectivity index (χ0v) is 5.02. The predicted octanol–water partition coefficient (Wildman–Crippen LogP) is 1.12. The highest BCUT2D eigenvalue weighted by molar-refractivity contribution is 4.97. The molecule has 0 aliphatic carbocycles. The summed E-state index contributed by atoms with van der Waals surface area (Å²) in [7, 11) is 0. The summed E-state index contributed by atoms with van der Waals surface area (Å²) < 4.78 is 0. The molecule has 0 aromatic rings. The van der Waals surface area contributed by atoms with Gasteiger partial charge in [0, 0.05) is 6.54 Å². The predicted molar refractivity (Wildman–Crippen MR) is 30.5 cm³/mol. The Morgan fingerprint density at radius 1 is 1.75 bits per heavy atom. The minimum Gasteiger partial charge on any atom is -0.302 e. The van der Waals surface area contributed by atoms with Crippen LogP contribution in [0, 0.1) is 17.5 Å². The lowest BCUT2D eigenvalue weighted by atomic mass is 10.2. The molecule has 0 aromatic carbocycles. The molecule has 2 nitrogen and oxygen atoms in total. The van der Waals surface area contributed by atoms with Crippen LogP contribution in [0.3, 0.4) is 0 Å². The standard InChI is InChI=1S/C6H9N2/c1-6-3-2-4-8(6)5-7/h2-4H2,1H3. The molecule has 2 heteroatoms. The van der Waals surface area contributed by atoms with E-state index in [0.29, 0.717) is 0 Å². The SMILES string of the molecule is C[C]1CCCN1C#N. The number of nitriles is 1. The molecule has 0 atom stereocenters. The first-order chi connectivity index (χ1) is 3.84. The van der Waals surface area contributed by atoms with Gasteiger partial charge in [0.15, 0.2) is 6.19 Å². The van der Waals surface area contributed by atoms with Crippen LogP contribution in [-0.4, -0.2) is 11.4 Å². The molecule has 0 spiro atoms. The van der Waals surface area contributed by atoms with E-state index in [0.717, 1.165) is 19.4 Å². The van der Waals surface area contributed by atoms with Crippen molar-refractivity contribution in [3.05, 3.63) is 6.04 Å². The lowest BCUT2D eigenvalue weighted by Gasteiger charge is -2.09. The van der Waals surface area contributed by atoms with Gasteiger partial charge in [0.25, 0.3) is 0 Å². The summed E-state index contributed by atoms with van der Waals surface area (Å²) in [4.78, 5) is 1.75. The van der Waals surface area contributed by atoms with Crippen LogP contribution >= 0.6 is 0 Å². The first-order valence-electron chi connectivity index (χ1n) is 2.84. The van der Waals surface area contributed by atoms with Crippen molar-refractivity contribution in [3.8, 4) is 6.19 Å². The molecule has 0 bridgehead atoms. The second-order valence-electron chi connectivity index (χ2n) is 2.09. The average molecular weight is 109 g/mol. The highest BCUT2D eigenvalue weighted by Gasteiger charge is 2.18. The Labute approximate surface area is 49.7 Å². The Balaban J connectivity index is 2.45. The smallest absolute Gasteiger partial charge is 0.179 e. The highest BCUT2D eigenvalue weighted by atomic mass is 15.2. The van der Waals surface area contributed by atoms with Gasteiger partial charge in [0.1, 0.15) is 0 Å². The van der Waals surface area contributed by atoms with E-state index < -0.39 is 0 Å². The van der Waals surface area contributed by atoms with Crippen LogP contribution in [0.2, 0.25) is 0 Å². The van der Waals surface area contributed by atoms with Crippen LogP contribution in [0.15, 0.2) is 0 Å². The van der Waals surface area contributed by atoms with Gasteiger partial charge in [-0.1, -0.05) is 0 Å². The first-order valence-corrected chi connectivity index (χ1v) is 2.84. The Morgan fingerprint density at radius 2 is 2.50 bits per heavy atom. The Hall–Kier alpha value is -0.710. The van der Waals surface area contributed by atoms with Crippen molar-refractivity contribution >= 4 is 0 Å². The fourth-order valence-electron chi connectivity index (χ4n) is 0.954. The summed E-state index contributed by atoms with van der Waals surface area (Å²) in [5.74, 6) is 0. The van der Waals surface area contributed by atoms with Crippen LogP contribution in [-0.2, 0) is 0 Å². The zero-order valence-electron chi connectivity index (χ0n) is 5.02. The summed E-state index contributed by atoms with van der Waals surface area (Å²) in [6.45, 7) is 2.94. The van der Waals surface area contributed by atoms with E-state index in [-0.39, 0.29) is 0 Å². The van der Waals surface area contributed by atoms with Crippen molar-refractivity contribution in [3.63, 3.8) is 0 Å². The van der Waals surface area contributed by atoms with E-state index in [1.54, 1.807) is 4.90 Å². The van der Waals surface area contributed by atoms with Crippen LogP contribution in [0.25, 0.3) is 0 Å². The molecule has 1 radical (unpaired) electrons. The van der Waals surface area contributed by atoms with E-state index in [4.69, 9.17) is 5.26 Å². The van der Waals surface area contributed by atoms with Gasteiger partial charge in [-0.15, -0.1) is 0 Å². The van der Waals surface area contributed by atoms with Crippen LogP contribution in [0.5, 0.6) is 0 Å². The van der Waals surface area contributed by atoms with Gasteiger partial charge < -0.3 is 4.90 Å². The van der Waals surface area contributed by atoms with E-state index in [2.05, 4.69) is 6.19 Å². The molecule has 0 N–H and O–H groups in total. The van der Waals surface area contributed by atoms with E-state index in [9.17, 15) is 0 Å². The Morgan fingerprint density at radius 3 is 2.75 bits per heavy atom. The molecular formula is C6H9N2. The molecule has 1 aliphatic rings. The van der Waals surface area contributed by atoms with Gasteiger partial charge in [-0.25, -0.2) is 0 Å². The van der Waals surface area contributed by atoms with E-state index >= 15 is 0 Å². The minimum absolute atomic E-state index is 0.933. The number of likely N-dealkylation sites (tertiary alicyclic amines) is 1. The third-order valence-corrected chi connectivity index (χ3v) is 1.50. The quantitative estimate of drug-likeness (QED) is 0.436. The Bertz CT molecular complexity index is 114. The van der Waals surface area contributed by atoms with Crippen molar-refractivity contribution < 1.29 is 0 Å². The summed E-state index contributed by atoms with van der Waals surface area (Å²) in [6.07, 6.45) is 4.37. The number of hydrogen-bond donors (Lipinski definition) is 0. The molecule has 1 rings (SSSR count). The third-order valence-electron chi connectivity index (χ3n) is 1.50. The van der Waals surface area contributed by atoms with Gasteiger partial charge in [-0.3, -0.25) is 0 Å². The molecule has 0 aromatic heterocycles. The van der Waals surface area contributed by atoms with Crippen LogP contribution in [0.1, 0.15) is 19.8 Å². The zero-order chi connectivity index (χ0) is 5.98. The first kappa shape index (κ1) is 5.43. The fraction of sp³-hybridized carbons (Fsp3) is 0.667. The van der Waals surface area contributed by atoms with E-state index in [1.165, 1.54) is 6.04 Å². The van der Waals surface area contributed by atoms with Gasteiger partial charge in [-0.2, -0.15) is 5.26 Å². The van der Waals surface area contributed by atoms with Crippen LogP contribution < -0.4 is 0 Å². The van der Waals surface area contributed by atoms with Gasteiger partial charge >= 0.3 is 0 Å². The summed E-state index contributed by atoms with van der Waals surface area (Å²) >= 11 is 0. The second kappa shape index (κ2) is 2.04. The molecule has 0 amide bonds. The maximum absolute atomic E-state index is 8.39. The highest BCUT2D eigenvalue weighted by Crippen LogP contribution is 2.20. The third kappa shape index (κ3) is 0.764. The molecule has 43 valence electrons. The number of hydrogen-bond acceptors (Lipinski definition) is 2. The van der Waals surface area contributed by atoms with E-state index in [1.807, 2.05) is 6.92 Å². The fourth-order valence-corrected chi connectivity index (χ4v) is 0.954. The molecule has 1 saturated heterocycles. The second-order valence-corrected chi connectivity index (χ2v) is 2.09. The molecule has 1 fully saturated rings. The molecule has 0 saturated carbocycles. The van der Waals surface area contributed by atoms with Crippen molar-refractivity contribution in [2.45, 2.75) is 19.8 Å². The number of nitrogens with zero attached hydrogens (tertiary/aromatic N) is 2. The summed E-state index contributed by atoms with van der Waals surface area (Å²) in [5.41, 5.74) is 0. The van der Waals surface area contributed by atoms with Crippen molar-refractivity contribution in [2.75, 3.05) is 6.54 Å². The molecule has 8 heavy (non-hydrogen) atoms. The maximum atomic E-state index is 8.39. The maximum Gasteiger partial charge on any atom is 0.179 e. The largest absolute Gasteiger partial charge is 0.302 e. The van der Waals surface area contributed by atoms with Crippen LogP contribution in [0.4, 0.5) is 0 Å². The monoisotopic (exact) mass is 109 g/mol. The normalized spacial score (nSPS) is 21.2. The van der Waals surface area contributed by atoms with Gasteiger partial charge in [0.05, 0.1) is 6.04 Å². The van der Waals surface area contributed by atoms with Gasteiger partial charge in [-0.05, 0) is 19.8 Å². The van der Waals surface area contributed by atoms with Crippen molar-refractivity contribution in [1.82, 2.24) is 4.90 Å². The number of rotatable bonds is 0. The molecule has 1 heterocycles. The molecular weight excluding hydrogens is 100 g/mol. The van der Waals surface area contributed by atoms with Crippen molar-refractivity contribution in [1.29, 1.82) is 5.26 Å². The minimum atomic E-state index is 0.933. The summed E-state index contributed by atoms with van der Waals surface area (Å²) in [5, 5.41) is 8.39. The lowest BCUT2D eigenvalue weighted by molar-refractivity contribution is 0.486. The Kier molecular flexibility index (Phi) is 1.38. The summed E-state index contributed by atoms with van der Waals surface area (Å²) in [6, 6.07) is 1.22. The van der Waals surface area contributed by atoms with Gasteiger partial charge in [0.2, 0.25) is 0 Å². The average Bonchev–Trinajstić information content (AvgIpc) is 2.14. The lowest BCUT2D eigenvalue weighted by Crippen LogP contribution is -2.13. The molecule has 0 unspecified atom stereocenters. The van der Waals surface area contributed by atoms with Crippen molar-refractivity contribution in [2.24, 2.45) is 0 Å².